The number of hydrogen-bond donors (Lipinski definition) is 2. The molecule has 1 amide bonds. The second kappa shape index (κ2) is 4.71. The van der Waals surface area contributed by atoms with E-state index in [1.165, 1.54) is 11.0 Å². The number of hydrogen-bond acceptors (Lipinski definition) is 4. The Balaban J connectivity index is 2.61. The fourth-order valence-corrected chi connectivity index (χ4v) is 1.08. The molecule has 0 saturated carbocycles. The first-order chi connectivity index (χ1) is 6.69. The molecule has 0 aliphatic carbocycles. The van der Waals surface area contributed by atoms with Crippen molar-refractivity contribution in [2.75, 3.05) is 11.9 Å². The Morgan fingerprint density at radius 1 is 1.79 bits per heavy atom. The van der Waals surface area contributed by atoms with Crippen LogP contribution in [-0.4, -0.2) is 27.2 Å². The Hall–Kier alpha value is -1.43. The maximum absolute atomic E-state index is 11.6. The quantitative estimate of drug-likeness (QED) is 0.696. The van der Waals surface area contributed by atoms with E-state index in [4.69, 9.17) is 5.73 Å². The van der Waals surface area contributed by atoms with Gasteiger partial charge in [-0.1, -0.05) is 6.92 Å². The molecule has 0 fully saturated rings. The fraction of sp³-hybridized carbons (Fsp3) is 0.625. The summed E-state index contributed by atoms with van der Waals surface area (Å²) in [5.74, 6) is 0.180. The second-order valence-corrected chi connectivity index (χ2v) is 3.04. The normalized spacial score (nSPS) is 12.5. The summed E-state index contributed by atoms with van der Waals surface area (Å²) in [6.07, 6.45) is 2.11. The van der Waals surface area contributed by atoms with Gasteiger partial charge in [-0.05, 0) is 6.42 Å². The molecule has 0 aromatic carbocycles. The lowest BCUT2D eigenvalue weighted by molar-refractivity contribution is -0.119. The standard InChI is InChI=1S/C8H15N5O/c1-3-6(4-9)7(14)12-8-10-5-11-13(8)2/h5-6H,3-4,9H2,1-2H3,(H,10,11,12,14). The highest BCUT2D eigenvalue weighted by Gasteiger charge is 2.15. The van der Waals surface area contributed by atoms with Crippen molar-refractivity contribution in [2.24, 2.45) is 18.7 Å². The molecule has 0 aliphatic rings. The van der Waals surface area contributed by atoms with E-state index >= 15 is 0 Å². The first kappa shape index (κ1) is 10.6. The molecule has 0 radical (unpaired) electrons. The van der Waals surface area contributed by atoms with Gasteiger partial charge in [0.05, 0.1) is 5.92 Å². The van der Waals surface area contributed by atoms with Gasteiger partial charge in [0.25, 0.3) is 0 Å². The van der Waals surface area contributed by atoms with E-state index in [2.05, 4.69) is 15.4 Å². The minimum absolute atomic E-state index is 0.105. The van der Waals surface area contributed by atoms with E-state index in [1.807, 2.05) is 6.92 Å². The van der Waals surface area contributed by atoms with Gasteiger partial charge in [0.1, 0.15) is 6.33 Å². The predicted octanol–water partition coefficient (Wildman–Crippen LogP) is -0.262. The summed E-state index contributed by atoms with van der Waals surface area (Å²) in [6.45, 7) is 2.27. The van der Waals surface area contributed by atoms with Crippen molar-refractivity contribution in [1.82, 2.24) is 14.8 Å². The summed E-state index contributed by atoms with van der Waals surface area (Å²) in [6, 6.07) is 0. The Morgan fingerprint density at radius 2 is 2.50 bits per heavy atom. The third-order valence-electron chi connectivity index (χ3n) is 2.09. The van der Waals surface area contributed by atoms with Crippen LogP contribution in [0.1, 0.15) is 13.3 Å². The minimum Gasteiger partial charge on any atom is -0.330 e. The zero-order valence-electron chi connectivity index (χ0n) is 8.40. The predicted molar refractivity (Wildman–Crippen MR) is 52.5 cm³/mol. The van der Waals surface area contributed by atoms with E-state index in [9.17, 15) is 4.79 Å². The molecule has 6 heteroatoms. The van der Waals surface area contributed by atoms with Crippen LogP contribution in [-0.2, 0) is 11.8 Å². The van der Waals surface area contributed by atoms with Crippen LogP contribution in [0.2, 0.25) is 0 Å². The molecule has 1 heterocycles. The highest BCUT2D eigenvalue weighted by Crippen LogP contribution is 2.05. The van der Waals surface area contributed by atoms with Gasteiger partial charge in [-0.25, -0.2) is 4.68 Å². The van der Waals surface area contributed by atoms with Crippen LogP contribution in [0.25, 0.3) is 0 Å². The van der Waals surface area contributed by atoms with Crippen molar-refractivity contribution >= 4 is 11.9 Å². The number of nitrogens with one attached hydrogen (secondary N) is 1. The molecule has 1 atom stereocenters. The molecule has 0 bridgehead atoms. The number of nitrogens with two attached hydrogens (primary N) is 1. The molecule has 1 unspecified atom stereocenters. The van der Waals surface area contributed by atoms with Crippen molar-refractivity contribution < 1.29 is 4.79 Å². The van der Waals surface area contributed by atoms with Crippen LogP contribution in [0.4, 0.5) is 5.95 Å². The van der Waals surface area contributed by atoms with Gasteiger partial charge in [-0.2, -0.15) is 10.1 Å². The van der Waals surface area contributed by atoms with Crippen molar-refractivity contribution in [1.29, 1.82) is 0 Å². The Kier molecular flexibility index (Phi) is 3.58. The van der Waals surface area contributed by atoms with Crippen molar-refractivity contribution in [3.63, 3.8) is 0 Å². The lowest BCUT2D eigenvalue weighted by atomic mass is 10.1. The zero-order valence-corrected chi connectivity index (χ0v) is 8.40. The molecular formula is C8H15N5O. The summed E-state index contributed by atoms with van der Waals surface area (Å²) < 4.78 is 1.50. The highest BCUT2D eigenvalue weighted by atomic mass is 16.2. The molecular weight excluding hydrogens is 182 g/mol. The van der Waals surface area contributed by atoms with Gasteiger partial charge in [0, 0.05) is 13.6 Å². The first-order valence-electron chi connectivity index (χ1n) is 4.54. The van der Waals surface area contributed by atoms with Crippen molar-refractivity contribution in [3.05, 3.63) is 6.33 Å². The molecule has 0 spiro atoms. The van der Waals surface area contributed by atoms with Crippen LogP contribution in [0.3, 0.4) is 0 Å². The number of carbonyl (C=O) groups is 1. The van der Waals surface area contributed by atoms with Crippen LogP contribution >= 0.6 is 0 Å². The van der Waals surface area contributed by atoms with Crippen LogP contribution < -0.4 is 11.1 Å². The summed E-state index contributed by atoms with van der Waals surface area (Å²) >= 11 is 0. The Labute approximate surface area is 82.5 Å². The minimum atomic E-state index is -0.160. The number of nitrogens with zero attached hydrogens (tertiary/aromatic N) is 3. The average Bonchev–Trinajstić information content (AvgIpc) is 2.54. The second-order valence-electron chi connectivity index (χ2n) is 3.04. The lowest BCUT2D eigenvalue weighted by Crippen LogP contribution is -2.29. The van der Waals surface area contributed by atoms with Gasteiger partial charge in [0.15, 0.2) is 0 Å². The van der Waals surface area contributed by atoms with E-state index in [0.717, 1.165) is 6.42 Å². The molecule has 3 N–H and O–H groups in total. The molecule has 1 aromatic rings. The topological polar surface area (TPSA) is 85.8 Å². The van der Waals surface area contributed by atoms with Crippen molar-refractivity contribution in [3.8, 4) is 0 Å². The van der Waals surface area contributed by atoms with Gasteiger partial charge >= 0.3 is 0 Å². The monoisotopic (exact) mass is 197 g/mol. The SMILES string of the molecule is CCC(CN)C(=O)Nc1ncnn1C. The third kappa shape index (κ3) is 2.29. The van der Waals surface area contributed by atoms with Gasteiger partial charge < -0.3 is 5.73 Å². The lowest BCUT2D eigenvalue weighted by Gasteiger charge is -2.11. The number of aryl methyl sites for hydroxylation is 1. The maximum atomic E-state index is 11.6. The van der Waals surface area contributed by atoms with Crippen LogP contribution in [0.15, 0.2) is 6.33 Å². The van der Waals surface area contributed by atoms with Crippen LogP contribution in [0, 0.1) is 5.92 Å². The summed E-state index contributed by atoms with van der Waals surface area (Å²) in [5, 5.41) is 6.50. The van der Waals surface area contributed by atoms with E-state index in [0.29, 0.717) is 12.5 Å². The van der Waals surface area contributed by atoms with E-state index in [-0.39, 0.29) is 11.8 Å². The Bertz CT molecular complexity index is 304. The molecule has 1 aromatic heterocycles. The van der Waals surface area contributed by atoms with Crippen molar-refractivity contribution in [2.45, 2.75) is 13.3 Å². The maximum Gasteiger partial charge on any atom is 0.231 e. The zero-order chi connectivity index (χ0) is 10.6. The largest absolute Gasteiger partial charge is 0.330 e. The summed E-state index contributed by atoms with van der Waals surface area (Å²) in [4.78, 5) is 15.4. The third-order valence-corrected chi connectivity index (χ3v) is 2.09. The fourth-order valence-electron chi connectivity index (χ4n) is 1.08. The first-order valence-corrected chi connectivity index (χ1v) is 4.54. The average molecular weight is 197 g/mol. The smallest absolute Gasteiger partial charge is 0.231 e. The summed E-state index contributed by atoms with van der Waals surface area (Å²) in [7, 11) is 1.71. The number of anilines is 1. The number of aromatic nitrogens is 3. The van der Waals surface area contributed by atoms with Gasteiger partial charge in [-0.15, -0.1) is 0 Å². The van der Waals surface area contributed by atoms with Gasteiger partial charge in [-0.3, -0.25) is 10.1 Å². The molecule has 0 saturated heterocycles. The number of carbonyl (C=O) groups excluding carboxylic acids is 1. The molecule has 14 heavy (non-hydrogen) atoms. The van der Waals surface area contributed by atoms with Crippen LogP contribution in [0.5, 0.6) is 0 Å². The molecule has 1 rings (SSSR count). The number of rotatable bonds is 4. The molecule has 6 nitrogen and oxygen atoms in total. The number of amides is 1. The van der Waals surface area contributed by atoms with E-state index < -0.39 is 0 Å². The summed E-state index contributed by atoms with van der Waals surface area (Å²) in [5.41, 5.74) is 5.45. The molecule has 78 valence electrons. The van der Waals surface area contributed by atoms with E-state index in [1.54, 1.807) is 7.05 Å². The van der Waals surface area contributed by atoms with Gasteiger partial charge in [0.2, 0.25) is 11.9 Å². The Morgan fingerprint density at radius 3 is 2.93 bits per heavy atom. The highest BCUT2D eigenvalue weighted by molar-refractivity contribution is 5.91. The molecule has 0 aliphatic heterocycles.